The standard InChI is InChI=1S/C13H14FN3O3S2/c14-10-3-1-2-4-11(10)17-13(18)16-8-7-9-5-6-12(21-9)22(15,19)20/h1-6H,7-8H2,(H2,15,19,20)(H2,16,17,18). The molecule has 0 fully saturated rings. The van der Waals surface area contributed by atoms with Crippen LogP contribution in [0.3, 0.4) is 0 Å². The van der Waals surface area contributed by atoms with Gasteiger partial charge >= 0.3 is 6.03 Å². The van der Waals surface area contributed by atoms with E-state index in [9.17, 15) is 17.6 Å². The smallest absolute Gasteiger partial charge is 0.319 e. The minimum Gasteiger partial charge on any atom is -0.338 e. The zero-order valence-corrected chi connectivity index (χ0v) is 13.0. The lowest BCUT2D eigenvalue weighted by molar-refractivity contribution is 0.252. The van der Waals surface area contributed by atoms with Gasteiger partial charge in [-0.15, -0.1) is 11.3 Å². The van der Waals surface area contributed by atoms with Crippen LogP contribution in [0.5, 0.6) is 0 Å². The van der Waals surface area contributed by atoms with Gasteiger partial charge < -0.3 is 10.6 Å². The van der Waals surface area contributed by atoms with E-state index in [1.54, 1.807) is 12.1 Å². The largest absolute Gasteiger partial charge is 0.338 e. The van der Waals surface area contributed by atoms with Crippen molar-refractivity contribution < 1.29 is 17.6 Å². The first kappa shape index (κ1) is 16.4. The summed E-state index contributed by atoms with van der Waals surface area (Å²) in [5.74, 6) is -0.520. The van der Waals surface area contributed by atoms with Crippen molar-refractivity contribution in [2.75, 3.05) is 11.9 Å². The average molecular weight is 343 g/mol. The Morgan fingerprint density at radius 2 is 1.95 bits per heavy atom. The zero-order valence-electron chi connectivity index (χ0n) is 11.4. The number of anilines is 1. The Labute approximate surface area is 131 Å². The fraction of sp³-hybridized carbons (Fsp3) is 0.154. The number of primary sulfonamides is 1. The summed E-state index contributed by atoms with van der Waals surface area (Å²) >= 11 is 1.05. The van der Waals surface area contributed by atoms with Crippen molar-refractivity contribution in [2.24, 2.45) is 5.14 Å². The molecule has 4 N–H and O–H groups in total. The van der Waals surface area contributed by atoms with Gasteiger partial charge in [-0.25, -0.2) is 22.7 Å². The molecule has 9 heteroatoms. The Kier molecular flexibility index (Phi) is 5.11. The molecule has 0 saturated heterocycles. The van der Waals surface area contributed by atoms with Crippen molar-refractivity contribution in [3.8, 4) is 0 Å². The van der Waals surface area contributed by atoms with Gasteiger partial charge in [0.1, 0.15) is 10.0 Å². The molecule has 1 aromatic carbocycles. The van der Waals surface area contributed by atoms with E-state index in [0.717, 1.165) is 16.2 Å². The quantitative estimate of drug-likeness (QED) is 0.773. The number of hydrogen-bond donors (Lipinski definition) is 3. The number of amides is 2. The van der Waals surface area contributed by atoms with Crippen LogP contribution in [0, 0.1) is 5.82 Å². The third-order valence-corrected chi connectivity index (χ3v) is 5.28. The highest BCUT2D eigenvalue weighted by Crippen LogP contribution is 2.20. The van der Waals surface area contributed by atoms with Gasteiger partial charge in [0.15, 0.2) is 0 Å². The zero-order chi connectivity index (χ0) is 16.2. The molecule has 0 saturated carbocycles. The maximum atomic E-state index is 13.3. The summed E-state index contributed by atoms with van der Waals surface area (Å²) in [6.45, 7) is 0.283. The van der Waals surface area contributed by atoms with E-state index in [0.29, 0.717) is 6.42 Å². The Morgan fingerprint density at radius 1 is 1.23 bits per heavy atom. The third-order valence-electron chi connectivity index (χ3n) is 2.70. The molecule has 0 aliphatic heterocycles. The number of nitrogens with two attached hydrogens (primary N) is 1. The van der Waals surface area contributed by atoms with Gasteiger partial charge in [-0.2, -0.15) is 0 Å². The van der Waals surface area contributed by atoms with E-state index in [4.69, 9.17) is 5.14 Å². The minimum atomic E-state index is -3.69. The molecule has 2 rings (SSSR count). The molecular formula is C13H14FN3O3S2. The second-order valence-corrected chi connectivity index (χ2v) is 7.33. The Morgan fingerprint density at radius 3 is 2.59 bits per heavy atom. The van der Waals surface area contributed by atoms with E-state index in [-0.39, 0.29) is 16.4 Å². The highest BCUT2D eigenvalue weighted by Gasteiger charge is 2.11. The highest BCUT2D eigenvalue weighted by molar-refractivity contribution is 7.91. The Bertz CT molecular complexity index is 774. The van der Waals surface area contributed by atoms with Crippen molar-refractivity contribution >= 4 is 33.1 Å². The molecule has 0 aliphatic carbocycles. The van der Waals surface area contributed by atoms with Crippen molar-refractivity contribution in [1.29, 1.82) is 0 Å². The summed E-state index contributed by atoms with van der Waals surface area (Å²) in [6, 6.07) is 8.36. The van der Waals surface area contributed by atoms with E-state index >= 15 is 0 Å². The first-order valence-corrected chi connectivity index (χ1v) is 8.63. The summed E-state index contributed by atoms with van der Waals surface area (Å²) in [4.78, 5) is 12.4. The molecule has 0 unspecified atom stereocenters. The Hall–Kier alpha value is -1.97. The number of rotatable bonds is 5. The summed E-state index contributed by atoms with van der Waals surface area (Å²) in [5.41, 5.74) is 0.0904. The predicted molar refractivity (Wildman–Crippen MR) is 82.8 cm³/mol. The number of carbonyl (C=O) groups is 1. The van der Waals surface area contributed by atoms with Crippen LogP contribution in [0.25, 0.3) is 0 Å². The van der Waals surface area contributed by atoms with Crippen LogP contribution >= 0.6 is 11.3 Å². The maximum absolute atomic E-state index is 13.3. The first-order chi connectivity index (χ1) is 10.4. The number of urea groups is 1. The van der Waals surface area contributed by atoms with Crippen molar-refractivity contribution in [1.82, 2.24) is 5.32 Å². The summed E-state index contributed by atoms with van der Waals surface area (Å²) < 4.78 is 35.7. The molecule has 0 spiro atoms. The van der Waals surface area contributed by atoms with Crippen LogP contribution in [0.4, 0.5) is 14.9 Å². The topological polar surface area (TPSA) is 101 Å². The number of carbonyl (C=O) groups excluding carboxylic acids is 1. The second kappa shape index (κ2) is 6.86. The normalized spacial score (nSPS) is 11.2. The molecule has 22 heavy (non-hydrogen) atoms. The minimum absolute atomic E-state index is 0.0818. The molecule has 118 valence electrons. The number of halogens is 1. The fourth-order valence-corrected chi connectivity index (χ4v) is 3.45. The van der Waals surface area contributed by atoms with Gasteiger partial charge in [-0.3, -0.25) is 0 Å². The third kappa shape index (κ3) is 4.52. The lowest BCUT2D eigenvalue weighted by Gasteiger charge is -2.07. The Balaban J connectivity index is 1.82. The van der Waals surface area contributed by atoms with Crippen LogP contribution in [-0.4, -0.2) is 21.0 Å². The predicted octanol–water partition coefficient (Wildman–Crippen LogP) is 1.90. The van der Waals surface area contributed by atoms with Crippen LogP contribution < -0.4 is 15.8 Å². The SMILES string of the molecule is NS(=O)(=O)c1ccc(CCNC(=O)Nc2ccccc2F)s1. The summed E-state index contributed by atoms with van der Waals surface area (Å²) in [7, 11) is -3.69. The summed E-state index contributed by atoms with van der Waals surface area (Å²) in [6.07, 6.45) is 0.449. The number of sulfonamides is 1. The molecule has 0 bridgehead atoms. The highest BCUT2D eigenvalue weighted by atomic mass is 32.2. The maximum Gasteiger partial charge on any atom is 0.319 e. The molecule has 0 radical (unpaired) electrons. The van der Waals surface area contributed by atoms with Crippen molar-refractivity contribution in [2.45, 2.75) is 10.6 Å². The molecule has 2 aromatic rings. The monoisotopic (exact) mass is 343 g/mol. The molecule has 0 aliphatic rings. The molecule has 1 heterocycles. The van der Waals surface area contributed by atoms with Crippen LogP contribution in [0.1, 0.15) is 4.88 Å². The van der Waals surface area contributed by atoms with Gasteiger partial charge in [0.2, 0.25) is 10.0 Å². The first-order valence-electron chi connectivity index (χ1n) is 6.27. The van der Waals surface area contributed by atoms with E-state index in [1.165, 1.54) is 24.3 Å². The van der Waals surface area contributed by atoms with Crippen LogP contribution in [0.2, 0.25) is 0 Å². The number of para-hydroxylation sites is 1. The van der Waals surface area contributed by atoms with Gasteiger partial charge in [0.25, 0.3) is 0 Å². The number of thiophene rings is 1. The van der Waals surface area contributed by atoms with Crippen LogP contribution in [-0.2, 0) is 16.4 Å². The van der Waals surface area contributed by atoms with Gasteiger partial charge in [0.05, 0.1) is 5.69 Å². The van der Waals surface area contributed by atoms with Gasteiger partial charge in [-0.1, -0.05) is 12.1 Å². The molecule has 1 aromatic heterocycles. The lowest BCUT2D eigenvalue weighted by atomic mass is 10.3. The summed E-state index contributed by atoms with van der Waals surface area (Å²) in [5, 5.41) is 9.97. The van der Waals surface area contributed by atoms with Crippen molar-refractivity contribution in [3.63, 3.8) is 0 Å². The number of nitrogens with one attached hydrogen (secondary N) is 2. The average Bonchev–Trinajstić information content (AvgIpc) is 2.90. The fourth-order valence-electron chi connectivity index (χ4n) is 1.67. The van der Waals surface area contributed by atoms with E-state index < -0.39 is 21.9 Å². The molecule has 0 atom stereocenters. The van der Waals surface area contributed by atoms with Gasteiger partial charge in [-0.05, 0) is 30.7 Å². The van der Waals surface area contributed by atoms with E-state index in [2.05, 4.69) is 10.6 Å². The molecule has 6 nitrogen and oxygen atoms in total. The van der Waals surface area contributed by atoms with Crippen LogP contribution in [0.15, 0.2) is 40.6 Å². The second-order valence-electron chi connectivity index (χ2n) is 4.38. The van der Waals surface area contributed by atoms with E-state index in [1.807, 2.05) is 0 Å². The van der Waals surface area contributed by atoms with Gasteiger partial charge in [0, 0.05) is 11.4 Å². The number of benzene rings is 1. The molecular weight excluding hydrogens is 329 g/mol. The number of hydrogen-bond acceptors (Lipinski definition) is 4. The van der Waals surface area contributed by atoms with Crippen molar-refractivity contribution in [3.05, 3.63) is 47.1 Å². The molecule has 2 amide bonds. The lowest BCUT2D eigenvalue weighted by Crippen LogP contribution is -2.30.